The minimum Gasteiger partial charge on any atom is -0.372 e. The Morgan fingerprint density at radius 2 is 1.56 bits per heavy atom. The number of nitrogens with one attached hydrogen (secondary N) is 1. The van der Waals surface area contributed by atoms with E-state index in [1.54, 1.807) is 0 Å². The Balaban J connectivity index is 1.46. The van der Waals surface area contributed by atoms with Crippen molar-refractivity contribution in [1.82, 2.24) is 5.32 Å². The fourth-order valence-corrected chi connectivity index (χ4v) is 0.777. The Kier molecular flexibility index (Phi) is 1.41. The molecule has 0 aromatic heterocycles. The van der Waals surface area contributed by atoms with E-state index in [1.165, 1.54) is 0 Å². The second-order valence-corrected chi connectivity index (χ2v) is 2.57. The van der Waals surface area contributed by atoms with Gasteiger partial charge >= 0.3 is 0 Å². The average Bonchev–Trinajstić information content (AvgIpc) is 2.57. The molecule has 0 aliphatic carbocycles. The largest absolute Gasteiger partial charge is 0.372 e. The summed E-state index contributed by atoms with van der Waals surface area (Å²) in [5, 5.41) is 3.26. The van der Waals surface area contributed by atoms with E-state index in [0.29, 0.717) is 12.2 Å². The zero-order valence-corrected chi connectivity index (χ0v) is 5.30. The molecule has 0 bridgehead atoms. The number of ether oxygens (including phenoxy) is 2. The van der Waals surface area contributed by atoms with Gasteiger partial charge in [0.2, 0.25) is 0 Å². The van der Waals surface area contributed by atoms with Gasteiger partial charge in [0.15, 0.2) is 0 Å². The summed E-state index contributed by atoms with van der Waals surface area (Å²) in [5.74, 6) is 0. The van der Waals surface area contributed by atoms with Crippen molar-refractivity contribution in [2.45, 2.75) is 12.2 Å². The fraction of sp³-hybridized carbons (Fsp3) is 1.00. The third-order valence-corrected chi connectivity index (χ3v) is 1.55. The van der Waals surface area contributed by atoms with E-state index >= 15 is 0 Å². The lowest BCUT2D eigenvalue weighted by Crippen LogP contribution is -2.24. The first-order chi connectivity index (χ1) is 4.45. The summed E-state index contributed by atoms with van der Waals surface area (Å²) >= 11 is 0. The molecule has 9 heavy (non-hydrogen) atoms. The van der Waals surface area contributed by atoms with Crippen molar-refractivity contribution >= 4 is 0 Å². The van der Waals surface area contributed by atoms with Gasteiger partial charge in [0, 0.05) is 13.1 Å². The molecule has 2 fully saturated rings. The second-order valence-electron chi connectivity index (χ2n) is 2.57. The van der Waals surface area contributed by atoms with Gasteiger partial charge < -0.3 is 14.8 Å². The molecule has 3 nitrogen and oxygen atoms in total. The Morgan fingerprint density at radius 1 is 1.11 bits per heavy atom. The van der Waals surface area contributed by atoms with Crippen molar-refractivity contribution in [2.24, 2.45) is 0 Å². The van der Waals surface area contributed by atoms with Gasteiger partial charge in [-0.3, -0.25) is 0 Å². The second kappa shape index (κ2) is 2.25. The Bertz CT molecular complexity index is 87.2. The molecule has 2 unspecified atom stereocenters. The highest BCUT2D eigenvalue weighted by Gasteiger charge is 2.25. The maximum absolute atomic E-state index is 5.01. The van der Waals surface area contributed by atoms with Crippen LogP contribution in [0, 0.1) is 0 Å². The molecule has 3 heteroatoms. The highest BCUT2D eigenvalue weighted by Crippen LogP contribution is 2.09. The van der Waals surface area contributed by atoms with Gasteiger partial charge in [0.05, 0.1) is 25.4 Å². The Labute approximate surface area is 54.3 Å². The first-order valence-electron chi connectivity index (χ1n) is 3.39. The maximum Gasteiger partial charge on any atom is 0.0933 e. The zero-order valence-electron chi connectivity index (χ0n) is 5.30. The van der Waals surface area contributed by atoms with E-state index in [0.717, 1.165) is 26.3 Å². The molecule has 0 saturated carbocycles. The van der Waals surface area contributed by atoms with E-state index in [9.17, 15) is 0 Å². The molecule has 2 heterocycles. The van der Waals surface area contributed by atoms with E-state index in [4.69, 9.17) is 9.47 Å². The molecule has 0 aromatic rings. The molecule has 2 atom stereocenters. The smallest absolute Gasteiger partial charge is 0.0933 e. The number of epoxide rings is 2. The molecule has 0 amide bonds. The quantitative estimate of drug-likeness (QED) is 0.514. The molecule has 2 aliphatic heterocycles. The van der Waals surface area contributed by atoms with Crippen LogP contribution < -0.4 is 5.32 Å². The van der Waals surface area contributed by atoms with Gasteiger partial charge in [-0.25, -0.2) is 0 Å². The van der Waals surface area contributed by atoms with E-state index in [-0.39, 0.29) is 0 Å². The van der Waals surface area contributed by atoms with Crippen LogP contribution in [0.1, 0.15) is 0 Å². The average molecular weight is 129 g/mol. The Morgan fingerprint density at radius 3 is 1.89 bits per heavy atom. The summed E-state index contributed by atoms with van der Waals surface area (Å²) in [4.78, 5) is 0. The van der Waals surface area contributed by atoms with Crippen LogP contribution in [0.15, 0.2) is 0 Å². The van der Waals surface area contributed by atoms with Crippen molar-refractivity contribution in [3.05, 3.63) is 0 Å². The molecule has 2 aliphatic rings. The van der Waals surface area contributed by atoms with Gasteiger partial charge in [-0.1, -0.05) is 0 Å². The van der Waals surface area contributed by atoms with Gasteiger partial charge in [0.1, 0.15) is 0 Å². The number of hydrogen-bond acceptors (Lipinski definition) is 3. The lowest BCUT2D eigenvalue weighted by Gasteiger charge is -1.95. The first-order valence-corrected chi connectivity index (χ1v) is 3.39. The summed E-state index contributed by atoms with van der Waals surface area (Å²) in [7, 11) is 0. The lowest BCUT2D eigenvalue weighted by atomic mass is 10.4. The first kappa shape index (κ1) is 5.65. The number of rotatable bonds is 4. The van der Waals surface area contributed by atoms with Gasteiger partial charge in [-0.2, -0.15) is 0 Å². The highest BCUT2D eigenvalue weighted by atomic mass is 16.6. The molecule has 1 N–H and O–H groups in total. The number of hydrogen-bond donors (Lipinski definition) is 1. The monoisotopic (exact) mass is 129 g/mol. The summed E-state index contributed by atoms with van der Waals surface area (Å²) in [6, 6.07) is 0. The van der Waals surface area contributed by atoms with Gasteiger partial charge in [0.25, 0.3) is 0 Å². The summed E-state index contributed by atoms with van der Waals surface area (Å²) in [6.45, 7) is 3.89. The minimum atomic E-state index is 0.503. The molecule has 0 aromatic carbocycles. The normalized spacial score (nSPS) is 38.7. The molecule has 52 valence electrons. The van der Waals surface area contributed by atoms with Crippen molar-refractivity contribution in [2.75, 3.05) is 26.3 Å². The topological polar surface area (TPSA) is 37.1 Å². The van der Waals surface area contributed by atoms with E-state index in [2.05, 4.69) is 5.32 Å². The van der Waals surface area contributed by atoms with Crippen LogP contribution >= 0.6 is 0 Å². The van der Waals surface area contributed by atoms with Crippen molar-refractivity contribution < 1.29 is 9.47 Å². The van der Waals surface area contributed by atoms with Crippen LogP contribution in [-0.4, -0.2) is 38.5 Å². The third-order valence-electron chi connectivity index (χ3n) is 1.55. The zero-order chi connectivity index (χ0) is 6.10. The van der Waals surface area contributed by atoms with Crippen molar-refractivity contribution in [3.8, 4) is 0 Å². The molecule has 2 saturated heterocycles. The maximum atomic E-state index is 5.01. The SMILES string of the molecule is C(NCC1CO1)C1CO1. The van der Waals surface area contributed by atoms with E-state index in [1.807, 2.05) is 0 Å². The molecule has 2 rings (SSSR count). The van der Waals surface area contributed by atoms with Gasteiger partial charge in [-0.05, 0) is 0 Å². The Hall–Kier alpha value is -0.120. The predicted molar refractivity (Wildman–Crippen MR) is 32.3 cm³/mol. The summed E-state index contributed by atoms with van der Waals surface area (Å²) in [6.07, 6.45) is 1.01. The fourth-order valence-electron chi connectivity index (χ4n) is 0.777. The molecular weight excluding hydrogens is 118 g/mol. The third kappa shape index (κ3) is 1.93. The van der Waals surface area contributed by atoms with Crippen LogP contribution in [0.2, 0.25) is 0 Å². The van der Waals surface area contributed by atoms with Crippen molar-refractivity contribution in [3.63, 3.8) is 0 Å². The standard InChI is InChI=1S/C6H11NO2/c1(5-3-8-5)7-2-6-4-9-6/h5-7H,1-4H2. The molecular formula is C6H11NO2. The van der Waals surface area contributed by atoms with Crippen LogP contribution in [0.25, 0.3) is 0 Å². The van der Waals surface area contributed by atoms with Crippen LogP contribution in [0.3, 0.4) is 0 Å². The summed E-state index contributed by atoms with van der Waals surface area (Å²) < 4.78 is 10.0. The lowest BCUT2D eigenvalue weighted by molar-refractivity contribution is 0.373. The molecule has 0 spiro atoms. The summed E-state index contributed by atoms with van der Waals surface area (Å²) in [5.41, 5.74) is 0. The van der Waals surface area contributed by atoms with Crippen LogP contribution in [-0.2, 0) is 9.47 Å². The van der Waals surface area contributed by atoms with Crippen LogP contribution in [0.5, 0.6) is 0 Å². The highest BCUT2D eigenvalue weighted by molar-refractivity contribution is 4.76. The molecule has 0 radical (unpaired) electrons. The predicted octanol–water partition coefficient (Wildman–Crippen LogP) is -0.626. The van der Waals surface area contributed by atoms with Crippen LogP contribution in [0.4, 0.5) is 0 Å². The van der Waals surface area contributed by atoms with Gasteiger partial charge in [-0.15, -0.1) is 0 Å². The van der Waals surface area contributed by atoms with Crippen molar-refractivity contribution in [1.29, 1.82) is 0 Å². The van der Waals surface area contributed by atoms with E-state index < -0.39 is 0 Å². The minimum absolute atomic E-state index is 0.503.